The molecule has 2 aromatic heterocycles. The van der Waals surface area contributed by atoms with Gasteiger partial charge < -0.3 is 4.98 Å². The summed E-state index contributed by atoms with van der Waals surface area (Å²) < 4.78 is 2.07. The van der Waals surface area contributed by atoms with Crippen molar-refractivity contribution in [3.8, 4) is 0 Å². The van der Waals surface area contributed by atoms with Crippen LogP contribution < -0.4 is 5.56 Å². The van der Waals surface area contributed by atoms with Crippen LogP contribution in [-0.2, 0) is 13.0 Å². The standard InChI is InChI=1S/C29H36N6O/c1-20(2)27(28-31-32-33-35(28)25-14-7-8-15-25)34(17-16-22-11-5-4-6-12-22)19-24-18-23-13-9-10-21(3)26(23)30-29(24)36/h4-6,9-13,18,20,25,27H,7-8,14-17,19H2,1-3H3,(H,30,36). The molecule has 1 aliphatic rings. The average molecular weight is 485 g/mol. The highest BCUT2D eigenvalue weighted by molar-refractivity contribution is 5.81. The third-order valence-electron chi connectivity index (χ3n) is 7.55. The van der Waals surface area contributed by atoms with Crippen molar-refractivity contribution in [3.63, 3.8) is 0 Å². The summed E-state index contributed by atoms with van der Waals surface area (Å²) in [6.45, 7) is 7.81. The van der Waals surface area contributed by atoms with E-state index in [0.717, 1.165) is 53.7 Å². The summed E-state index contributed by atoms with van der Waals surface area (Å²) in [5.41, 5.74) is 4.01. The van der Waals surface area contributed by atoms with Crippen LogP contribution in [0, 0.1) is 12.8 Å². The number of rotatable bonds is 9. The summed E-state index contributed by atoms with van der Waals surface area (Å²) in [7, 11) is 0. The Balaban J connectivity index is 1.52. The van der Waals surface area contributed by atoms with Gasteiger partial charge >= 0.3 is 0 Å². The van der Waals surface area contributed by atoms with Gasteiger partial charge in [0.15, 0.2) is 5.82 Å². The summed E-state index contributed by atoms with van der Waals surface area (Å²) in [5, 5.41) is 14.2. The Hall–Kier alpha value is -3.32. The van der Waals surface area contributed by atoms with Crippen molar-refractivity contribution in [2.45, 2.75) is 71.5 Å². The number of aromatic amines is 1. The molecule has 1 unspecified atom stereocenters. The van der Waals surface area contributed by atoms with Gasteiger partial charge in [0.1, 0.15) is 0 Å². The van der Waals surface area contributed by atoms with E-state index in [1.807, 2.05) is 31.2 Å². The van der Waals surface area contributed by atoms with E-state index < -0.39 is 0 Å². The van der Waals surface area contributed by atoms with E-state index in [2.05, 4.69) is 74.3 Å². The Morgan fingerprint density at radius 2 is 1.86 bits per heavy atom. The molecule has 2 heterocycles. The minimum absolute atomic E-state index is 0.00285. The number of tetrazole rings is 1. The predicted octanol–water partition coefficient (Wildman–Crippen LogP) is 5.38. The van der Waals surface area contributed by atoms with E-state index in [1.165, 1.54) is 18.4 Å². The number of hydrogen-bond acceptors (Lipinski definition) is 5. The van der Waals surface area contributed by atoms with E-state index >= 15 is 0 Å². The fourth-order valence-electron chi connectivity index (χ4n) is 5.69. The molecule has 0 aliphatic heterocycles. The molecular weight excluding hydrogens is 448 g/mol. The second-order valence-corrected chi connectivity index (χ2v) is 10.5. The molecule has 0 amide bonds. The molecule has 0 saturated heterocycles. The lowest BCUT2D eigenvalue weighted by Gasteiger charge is -2.34. The van der Waals surface area contributed by atoms with Gasteiger partial charge in [-0.25, -0.2) is 4.68 Å². The maximum absolute atomic E-state index is 13.2. The van der Waals surface area contributed by atoms with Gasteiger partial charge in [0.2, 0.25) is 0 Å². The van der Waals surface area contributed by atoms with Gasteiger partial charge in [-0.3, -0.25) is 9.69 Å². The number of benzene rings is 2. The highest BCUT2D eigenvalue weighted by Crippen LogP contribution is 2.34. The van der Waals surface area contributed by atoms with Crippen LogP contribution in [0.25, 0.3) is 10.9 Å². The van der Waals surface area contributed by atoms with Crippen molar-refractivity contribution in [3.05, 3.63) is 87.5 Å². The van der Waals surface area contributed by atoms with Gasteiger partial charge in [-0.05, 0) is 65.1 Å². The van der Waals surface area contributed by atoms with E-state index in [0.29, 0.717) is 12.6 Å². The molecule has 1 atom stereocenters. The van der Waals surface area contributed by atoms with Crippen molar-refractivity contribution >= 4 is 10.9 Å². The minimum atomic E-state index is -0.0283. The zero-order valence-electron chi connectivity index (χ0n) is 21.5. The van der Waals surface area contributed by atoms with Gasteiger partial charge in [-0.1, -0.05) is 75.2 Å². The summed E-state index contributed by atoms with van der Waals surface area (Å²) in [5.74, 6) is 1.19. The van der Waals surface area contributed by atoms with E-state index in [9.17, 15) is 4.79 Å². The second kappa shape index (κ2) is 10.7. The van der Waals surface area contributed by atoms with Crippen LogP contribution in [0.3, 0.4) is 0 Å². The number of hydrogen-bond donors (Lipinski definition) is 1. The lowest BCUT2D eigenvalue weighted by Crippen LogP contribution is -2.37. The average Bonchev–Trinajstić information content (AvgIpc) is 3.56. The molecule has 0 radical (unpaired) electrons. The van der Waals surface area contributed by atoms with E-state index in [1.54, 1.807) is 0 Å². The Kier molecular flexibility index (Phi) is 7.28. The molecule has 1 N–H and O–H groups in total. The highest BCUT2D eigenvalue weighted by atomic mass is 16.1. The second-order valence-electron chi connectivity index (χ2n) is 10.5. The first-order chi connectivity index (χ1) is 17.5. The molecule has 1 saturated carbocycles. The Morgan fingerprint density at radius 3 is 2.61 bits per heavy atom. The van der Waals surface area contributed by atoms with E-state index in [-0.39, 0.29) is 17.5 Å². The number of fused-ring (bicyclic) bond motifs is 1. The first-order valence-electron chi connectivity index (χ1n) is 13.2. The van der Waals surface area contributed by atoms with Crippen LogP contribution in [0.4, 0.5) is 0 Å². The lowest BCUT2D eigenvalue weighted by atomic mass is 9.99. The molecule has 1 fully saturated rings. The third kappa shape index (κ3) is 5.12. The van der Waals surface area contributed by atoms with Gasteiger partial charge in [0, 0.05) is 18.7 Å². The number of nitrogens with one attached hydrogen (secondary N) is 1. The van der Waals surface area contributed by atoms with Gasteiger partial charge in [0.25, 0.3) is 5.56 Å². The van der Waals surface area contributed by atoms with Crippen molar-refractivity contribution in [1.82, 2.24) is 30.1 Å². The van der Waals surface area contributed by atoms with Crippen molar-refractivity contribution in [2.24, 2.45) is 5.92 Å². The van der Waals surface area contributed by atoms with Gasteiger partial charge in [0.05, 0.1) is 17.6 Å². The summed E-state index contributed by atoms with van der Waals surface area (Å²) in [6, 6.07) is 19.1. The first kappa shape index (κ1) is 24.4. The Bertz CT molecular complexity index is 1350. The van der Waals surface area contributed by atoms with Crippen LogP contribution in [0.2, 0.25) is 0 Å². The SMILES string of the molecule is Cc1cccc2cc(CN(CCc3ccccc3)C(c3nnnn3C3CCCC3)C(C)C)c(=O)[nH]c12. The predicted molar refractivity (Wildman–Crippen MR) is 143 cm³/mol. The Morgan fingerprint density at radius 1 is 1.08 bits per heavy atom. The maximum atomic E-state index is 13.2. The molecule has 1 aliphatic carbocycles. The molecule has 0 spiro atoms. The third-order valence-corrected chi connectivity index (χ3v) is 7.55. The van der Waals surface area contributed by atoms with Crippen molar-refractivity contribution in [2.75, 3.05) is 6.54 Å². The Labute approximate surface area is 212 Å². The smallest absolute Gasteiger partial charge is 0.252 e. The van der Waals surface area contributed by atoms with Crippen LogP contribution in [0.1, 0.15) is 74.1 Å². The van der Waals surface area contributed by atoms with Gasteiger partial charge in [-0.2, -0.15) is 0 Å². The van der Waals surface area contributed by atoms with E-state index in [4.69, 9.17) is 0 Å². The molecule has 7 heteroatoms. The summed E-state index contributed by atoms with van der Waals surface area (Å²) in [6.07, 6.45) is 5.58. The molecule has 0 bridgehead atoms. The van der Waals surface area contributed by atoms with Crippen LogP contribution in [-0.4, -0.2) is 36.6 Å². The molecule has 7 nitrogen and oxygen atoms in total. The van der Waals surface area contributed by atoms with Crippen LogP contribution >= 0.6 is 0 Å². The number of pyridine rings is 1. The number of para-hydroxylation sites is 1. The largest absolute Gasteiger partial charge is 0.321 e. The fraction of sp³-hybridized carbons (Fsp3) is 0.448. The number of aryl methyl sites for hydroxylation is 1. The first-order valence-corrected chi connectivity index (χ1v) is 13.2. The number of H-pyrrole nitrogens is 1. The topological polar surface area (TPSA) is 79.7 Å². The van der Waals surface area contributed by atoms with Crippen LogP contribution in [0.5, 0.6) is 0 Å². The number of nitrogens with zero attached hydrogens (tertiary/aromatic N) is 5. The van der Waals surface area contributed by atoms with Crippen molar-refractivity contribution < 1.29 is 0 Å². The van der Waals surface area contributed by atoms with Gasteiger partial charge in [-0.15, -0.1) is 5.10 Å². The number of aromatic nitrogens is 5. The quantitative estimate of drug-likeness (QED) is 0.345. The molecular formula is C29H36N6O. The molecule has 4 aromatic rings. The zero-order valence-corrected chi connectivity index (χ0v) is 21.5. The van der Waals surface area contributed by atoms with Crippen LogP contribution in [0.15, 0.2) is 59.4 Å². The maximum Gasteiger partial charge on any atom is 0.252 e. The lowest BCUT2D eigenvalue weighted by molar-refractivity contribution is 0.133. The highest BCUT2D eigenvalue weighted by Gasteiger charge is 2.32. The molecule has 2 aromatic carbocycles. The van der Waals surface area contributed by atoms with Crippen molar-refractivity contribution in [1.29, 1.82) is 0 Å². The summed E-state index contributed by atoms with van der Waals surface area (Å²) in [4.78, 5) is 18.8. The monoisotopic (exact) mass is 484 g/mol. The fourth-order valence-corrected chi connectivity index (χ4v) is 5.69. The molecule has 188 valence electrons. The minimum Gasteiger partial charge on any atom is -0.321 e. The normalized spacial score (nSPS) is 15.4. The zero-order chi connectivity index (χ0) is 25.1. The molecule has 5 rings (SSSR count). The summed E-state index contributed by atoms with van der Waals surface area (Å²) >= 11 is 0. The molecule has 36 heavy (non-hydrogen) atoms.